The van der Waals surface area contributed by atoms with Crippen LogP contribution in [0.5, 0.6) is 0 Å². The Balaban J connectivity index is 1.40. The highest BCUT2D eigenvalue weighted by Gasteiger charge is 2.26. The van der Waals surface area contributed by atoms with Crippen LogP contribution < -0.4 is 10.2 Å². The topological polar surface area (TPSA) is 45.2 Å². The van der Waals surface area contributed by atoms with Crippen molar-refractivity contribution in [2.45, 2.75) is 33.6 Å². The largest absolute Gasteiger partial charge is 0.348 e. The molecule has 0 radical (unpaired) electrons. The minimum Gasteiger partial charge on any atom is -0.348 e. The molecule has 27 heavy (non-hydrogen) atoms. The maximum Gasteiger partial charge on any atom is 0.227 e. The summed E-state index contributed by atoms with van der Waals surface area (Å²) >= 11 is 1.75. The third kappa shape index (κ3) is 3.83. The quantitative estimate of drug-likeness (QED) is 0.690. The number of amides is 1. The first-order valence-electron chi connectivity index (χ1n) is 9.50. The van der Waals surface area contributed by atoms with Crippen molar-refractivity contribution in [1.29, 1.82) is 0 Å². The van der Waals surface area contributed by atoms with E-state index in [-0.39, 0.29) is 11.8 Å². The summed E-state index contributed by atoms with van der Waals surface area (Å²) in [5.41, 5.74) is 5.53. The molecule has 0 bridgehead atoms. The molecule has 1 amide bonds. The highest BCUT2D eigenvalue weighted by molar-refractivity contribution is 7.22. The molecule has 5 heteroatoms. The average molecular weight is 380 g/mol. The van der Waals surface area contributed by atoms with Gasteiger partial charge in [0.1, 0.15) is 0 Å². The fourth-order valence-corrected chi connectivity index (χ4v) is 4.71. The molecule has 3 aromatic rings. The first-order chi connectivity index (χ1) is 13.0. The van der Waals surface area contributed by atoms with Gasteiger partial charge in [-0.3, -0.25) is 4.79 Å². The molecule has 1 aromatic heterocycles. The number of fused-ring (bicyclic) bond motifs is 1. The van der Waals surface area contributed by atoms with Crippen LogP contribution in [-0.4, -0.2) is 24.0 Å². The van der Waals surface area contributed by atoms with E-state index in [0.717, 1.165) is 53.4 Å². The molecule has 0 unspecified atom stereocenters. The van der Waals surface area contributed by atoms with Gasteiger partial charge in [-0.1, -0.05) is 29.5 Å². The van der Waals surface area contributed by atoms with Crippen LogP contribution in [0.25, 0.3) is 10.2 Å². The Kier molecular flexibility index (Phi) is 4.87. The maximum absolute atomic E-state index is 12.7. The summed E-state index contributed by atoms with van der Waals surface area (Å²) in [7, 11) is 0. The summed E-state index contributed by atoms with van der Waals surface area (Å²) < 4.78 is 1.24. The van der Waals surface area contributed by atoms with Crippen molar-refractivity contribution < 1.29 is 4.79 Å². The van der Waals surface area contributed by atoms with Crippen molar-refractivity contribution >= 4 is 38.3 Å². The van der Waals surface area contributed by atoms with Crippen LogP contribution in [0.1, 0.15) is 29.5 Å². The normalized spacial score (nSPS) is 15.3. The number of aryl methyl sites for hydroxylation is 3. The molecule has 2 aromatic carbocycles. The lowest BCUT2D eigenvalue weighted by atomic mass is 9.96. The standard InChI is InChI=1S/C22H25N3OS/c1-14-4-6-16(3)19(12-14)23-21(26)17-8-10-25(11-9-17)22-24-18-7-5-15(2)13-20(18)27-22/h4-7,12-13,17H,8-11H2,1-3H3,(H,23,26). The molecule has 0 aliphatic carbocycles. The van der Waals surface area contributed by atoms with Crippen molar-refractivity contribution in [3.05, 3.63) is 53.1 Å². The highest BCUT2D eigenvalue weighted by atomic mass is 32.1. The SMILES string of the molecule is Cc1ccc(C)c(NC(=O)C2CCN(c3nc4ccc(C)cc4s3)CC2)c1. The van der Waals surface area contributed by atoms with Gasteiger partial charge in [0.25, 0.3) is 0 Å². The number of piperidine rings is 1. The van der Waals surface area contributed by atoms with E-state index in [9.17, 15) is 4.79 Å². The first kappa shape index (κ1) is 18.0. The van der Waals surface area contributed by atoms with E-state index in [4.69, 9.17) is 4.98 Å². The van der Waals surface area contributed by atoms with Crippen molar-refractivity contribution in [1.82, 2.24) is 4.98 Å². The Morgan fingerprint density at radius 2 is 1.78 bits per heavy atom. The van der Waals surface area contributed by atoms with Gasteiger partial charge in [0.15, 0.2) is 5.13 Å². The lowest BCUT2D eigenvalue weighted by Crippen LogP contribution is -2.38. The predicted molar refractivity (Wildman–Crippen MR) is 114 cm³/mol. The van der Waals surface area contributed by atoms with Gasteiger partial charge >= 0.3 is 0 Å². The van der Waals surface area contributed by atoms with Crippen LogP contribution >= 0.6 is 11.3 Å². The summed E-state index contributed by atoms with van der Waals surface area (Å²) in [6, 6.07) is 12.6. The summed E-state index contributed by atoms with van der Waals surface area (Å²) in [5, 5.41) is 4.21. The smallest absolute Gasteiger partial charge is 0.227 e. The predicted octanol–water partition coefficient (Wildman–Crippen LogP) is 5.08. The molecule has 2 heterocycles. The number of carbonyl (C=O) groups excluding carboxylic acids is 1. The molecular formula is C22H25N3OS. The van der Waals surface area contributed by atoms with Gasteiger partial charge in [0.2, 0.25) is 5.91 Å². The van der Waals surface area contributed by atoms with Crippen molar-refractivity contribution in [2.75, 3.05) is 23.3 Å². The Morgan fingerprint density at radius 1 is 1.07 bits per heavy atom. The van der Waals surface area contributed by atoms with Gasteiger partial charge in [0.05, 0.1) is 10.2 Å². The van der Waals surface area contributed by atoms with Crippen LogP contribution in [0.2, 0.25) is 0 Å². The van der Waals surface area contributed by atoms with Crippen LogP contribution in [0.4, 0.5) is 10.8 Å². The molecule has 1 aliphatic heterocycles. The van der Waals surface area contributed by atoms with Gasteiger partial charge < -0.3 is 10.2 Å². The van der Waals surface area contributed by atoms with E-state index < -0.39 is 0 Å². The third-order valence-electron chi connectivity index (χ3n) is 5.32. The number of thiazole rings is 1. The number of hydrogen-bond acceptors (Lipinski definition) is 4. The van der Waals surface area contributed by atoms with Crippen LogP contribution in [0, 0.1) is 26.7 Å². The van der Waals surface area contributed by atoms with E-state index in [2.05, 4.69) is 47.5 Å². The molecule has 4 rings (SSSR count). The molecule has 140 valence electrons. The second-order valence-electron chi connectivity index (χ2n) is 7.54. The van der Waals surface area contributed by atoms with E-state index in [0.29, 0.717) is 0 Å². The number of aromatic nitrogens is 1. The van der Waals surface area contributed by atoms with Crippen molar-refractivity contribution in [2.24, 2.45) is 5.92 Å². The fourth-order valence-electron chi connectivity index (χ4n) is 3.59. The molecule has 4 nitrogen and oxygen atoms in total. The third-order valence-corrected chi connectivity index (χ3v) is 6.40. The molecule has 0 atom stereocenters. The van der Waals surface area contributed by atoms with Crippen LogP contribution in [-0.2, 0) is 4.79 Å². The van der Waals surface area contributed by atoms with Crippen LogP contribution in [0.15, 0.2) is 36.4 Å². The van der Waals surface area contributed by atoms with E-state index in [1.54, 1.807) is 11.3 Å². The lowest BCUT2D eigenvalue weighted by molar-refractivity contribution is -0.120. The summed E-state index contributed by atoms with van der Waals surface area (Å²) in [6.45, 7) is 7.95. The number of benzene rings is 2. The molecular weight excluding hydrogens is 354 g/mol. The van der Waals surface area contributed by atoms with Crippen molar-refractivity contribution in [3.63, 3.8) is 0 Å². The first-order valence-corrected chi connectivity index (χ1v) is 10.3. The maximum atomic E-state index is 12.7. The Bertz CT molecular complexity index is 986. The lowest BCUT2D eigenvalue weighted by Gasteiger charge is -2.31. The Hall–Kier alpha value is -2.40. The zero-order valence-electron chi connectivity index (χ0n) is 16.1. The zero-order valence-corrected chi connectivity index (χ0v) is 16.9. The summed E-state index contributed by atoms with van der Waals surface area (Å²) in [6.07, 6.45) is 1.73. The second kappa shape index (κ2) is 7.31. The van der Waals surface area contributed by atoms with E-state index >= 15 is 0 Å². The van der Waals surface area contributed by atoms with Gasteiger partial charge in [-0.25, -0.2) is 4.98 Å². The minimum absolute atomic E-state index is 0.0674. The Morgan fingerprint density at radius 3 is 2.56 bits per heavy atom. The summed E-state index contributed by atoms with van der Waals surface area (Å²) in [5.74, 6) is 0.209. The van der Waals surface area contributed by atoms with Gasteiger partial charge in [-0.15, -0.1) is 0 Å². The zero-order chi connectivity index (χ0) is 19.0. The van der Waals surface area contributed by atoms with E-state index in [1.807, 2.05) is 19.9 Å². The minimum atomic E-state index is 0.0674. The van der Waals surface area contributed by atoms with E-state index in [1.165, 1.54) is 10.3 Å². The van der Waals surface area contributed by atoms with Crippen LogP contribution in [0.3, 0.4) is 0 Å². The number of nitrogens with zero attached hydrogens (tertiary/aromatic N) is 2. The number of carbonyl (C=O) groups is 1. The monoisotopic (exact) mass is 379 g/mol. The number of nitrogens with one attached hydrogen (secondary N) is 1. The molecule has 0 spiro atoms. The average Bonchev–Trinajstić information content (AvgIpc) is 3.08. The molecule has 1 N–H and O–H groups in total. The molecule has 1 saturated heterocycles. The summed E-state index contributed by atoms with van der Waals surface area (Å²) in [4.78, 5) is 19.8. The molecule has 0 saturated carbocycles. The van der Waals surface area contributed by atoms with Gasteiger partial charge in [-0.2, -0.15) is 0 Å². The number of rotatable bonds is 3. The van der Waals surface area contributed by atoms with Gasteiger partial charge in [-0.05, 0) is 68.5 Å². The molecule has 1 fully saturated rings. The van der Waals surface area contributed by atoms with Crippen molar-refractivity contribution in [3.8, 4) is 0 Å². The molecule has 1 aliphatic rings. The second-order valence-corrected chi connectivity index (χ2v) is 8.55. The highest BCUT2D eigenvalue weighted by Crippen LogP contribution is 2.32. The fraction of sp³-hybridized carbons (Fsp3) is 0.364. The van der Waals surface area contributed by atoms with Gasteiger partial charge in [0, 0.05) is 24.7 Å². The number of anilines is 2. The number of hydrogen-bond donors (Lipinski definition) is 1. The Labute approximate surface area is 164 Å².